The molecule has 1 aromatic carbocycles. The number of nitrogens with one attached hydrogen (secondary N) is 2. The second-order valence-electron chi connectivity index (χ2n) is 5.87. The molecule has 0 aliphatic carbocycles. The molecule has 3 N–H and O–H groups in total. The van der Waals surface area contributed by atoms with Gasteiger partial charge in [0.15, 0.2) is 5.96 Å². The predicted molar refractivity (Wildman–Crippen MR) is 105 cm³/mol. The van der Waals surface area contributed by atoms with Gasteiger partial charge in [0.2, 0.25) is 0 Å². The maximum absolute atomic E-state index is 10.1. The molecule has 0 aliphatic heterocycles. The lowest BCUT2D eigenvalue weighted by Crippen LogP contribution is -2.42. The van der Waals surface area contributed by atoms with Gasteiger partial charge in [-0.05, 0) is 50.6 Å². The smallest absolute Gasteiger partial charge is 0.191 e. The molecule has 6 heteroatoms. The Morgan fingerprint density at radius 3 is 2.76 bits per heavy atom. The summed E-state index contributed by atoms with van der Waals surface area (Å²) in [4.78, 5) is 7.06. The quantitative estimate of drug-likeness (QED) is 0.500. The molecule has 0 aliphatic rings. The number of aliphatic hydroxyl groups is 1. The molecule has 1 unspecified atom stereocenters. The van der Waals surface area contributed by atoms with E-state index >= 15 is 0 Å². The summed E-state index contributed by atoms with van der Waals surface area (Å²) in [5, 5.41) is 16.5. The lowest BCUT2D eigenvalue weighted by atomic mass is 10.2. The number of hydrogen-bond acceptors (Lipinski definition) is 4. The number of aliphatic imine (C=N–C) groups is 1. The fourth-order valence-electron chi connectivity index (χ4n) is 2.24. The summed E-state index contributed by atoms with van der Waals surface area (Å²) in [5.74, 6) is 1.47. The van der Waals surface area contributed by atoms with Crippen LogP contribution in [0.2, 0.25) is 0 Å². The highest BCUT2D eigenvalue weighted by atomic mass is 32.1. The minimum atomic E-state index is -0.617. The molecule has 25 heavy (non-hydrogen) atoms. The second-order valence-corrected chi connectivity index (χ2v) is 7.24. The van der Waals surface area contributed by atoms with Crippen LogP contribution in [0, 0.1) is 13.8 Å². The maximum atomic E-state index is 10.1. The normalized spacial score (nSPS) is 12.7. The first-order chi connectivity index (χ1) is 12.1. The van der Waals surface area contributed by atoms with Crippen LogP contribution >= 0.6 is 11.3 Å². The van der Waals surface area contributed by atoms with Crippen molar-refractivity contribution in [2.24, 2.45) is 4.99 Å². The van der Waals surface area contributed by atoms with Crippen molar-refractivity contribution < 1.29 is 9.84 Å². The SMILES string of the molecule is CCNC(=NCc1ccc(C)s1)NCC(O)COc1cccc(C)c1. The Morgan fingerprint density at radius 1 is 1.24 bits per heavy atom. The third-order valence-corrected chi connectivity index (χ3v) is 4.46. The van der Waals surface area contributed by atoms with Crippen LogP contribution in [-0.2, 0) is 6.54 Å². The van der Waals surface area contributed by atoms with E-state index in [-0.39, 0.29) is 6.61 Å². The Labute approximate surface area is 153 Å². The van der Waals surface area contributed by atoms with E-state index in [4.69, 9.17) is 4.74 Å². The molecule has 1 atom stereocenters. The fourth-order valence-corrected chi connectivity index (χ4v) is 3.05. The Hall–Kier alpha value is -2.05. The van der Waals surface area contributed by atoms with Gasteiger partial charge in [0.1, 0.15) is 18.5 Å². The van der Waals surface area contributed by atoms with Crippen molar-refractivity contribution in [2.75, 3.05) is 19.7 Å². The zero-order valence-corrected chi connectivity index (χ0v) is 15.9. The summed E-state index contributed by atoms with van der Waals surface area (Å²) in [7, 11) is 0. The average Bonchev–Trinajstić information content (AvgIpc) is 3.01. The molecule has 0 fully saturated rings. The van der Waals surface area contributed by atoms with Crippen LogP contribution < -0.4 is 15.4 Å². The van der Waals surface area contributed by atoms with Crippen LogP contribution in [-0.4, -0.2) is 36.9 Å². The molecule has 0 spiro atoms. The van der Waals surface area contributed by atoms with Gasteiger partial charge in [-0.15, -0.1) is 11.3 Å². The van der Waals surface area contributed by atoms with Gasteiger partial charge in [0.05, 0.1) is 6.54 Å². The minimum Gasteiger partial charge on any atom is -0.491 e. The van der Waals surface area contributed by atoms with Crippen molar-refractivity contribution in [1.82, 2.24) is 10.6 Å². The third kappa shape index (κ3) is 7.15. The first-order valence-electron chi connectivity index (χ1n) is 8.52. The van der Waals surface area contributed by atoms with Crippen LogP contribution in [0.15, 0.2) is 41.4 Å². The number of hydrogen-bond donors (Lipinski definition) is 3. The molecule has 5 nitrogen and oxygen atoms in total. The van der Waals surface area contributed by atoms with Gasteiger partial charge in [0, 0.05) is 22.8 Å². The van der Waals surface area contributed by atoms with Gasteiger partial charge < -0.3 is 20.5 Å². The van der Waals surface area contributed by atoms with Gasteiger partial charge in [-0.3, -0.25) is 0 Å². The number of aryl methyl sites for hydroxylation is 2. The van der Waals surface area contributed by atoms with Crippen LogP contribution in [0.5, 0.6) is 5.75 Å². The highest BCUT2D eigenvalue weighted by molar-refractivity contribution is 7.11. The molecule has 0 bridgehead atoms. The van der Waals surface area contributed by atoms with Crippen LogP contribution in [0.4, 0.5) is 0 Å². The standard InChI is InChI=1S/C19H27N3O2S/c1-4-20-19(22-12-18-9-8-15(3)25-18)21-11-16(23)13-24-17-7-5-6-14(2)10-17/h5-10,16,23H,4,11-13H2,1-3H3,(H2,20,21,22). The maximum Gasteiger partial charge on any atom is 0.191 e. The van der Waals surface area contributed by atoms with Crippen LogP contribution in [0.3, 0.4) is 0 Å². The monoisotopic (exact) mass is 361 g/mol. The van der Waals surface area contributed by atoms with Crippen molar-refractivity contribution in [3.05, 3.63) is 51.7 Å². The van der Waals surface area contributed by atoms with Gasteiger partial charge in [-0.2, -0.15) is 0 Å². The molecule has 2 rings (SSSR count). The van der Waals surface area contributed by atoms with E-state index in [0.29, 0.717) is 19.0 Å². The number of guanidine groups is 1. The molecule has 0 amide bonds. The van der Waals surface area contributed by atoms with E-state index in [1.54, 1.807) is 11.3 Å². The number of rotatable bonds is 8. The summed E-state index contributed by atoms with van der Waals surface area (Å²) < 4.78 is 5.62. The van der Waals surface area contributed by atoms with Crippen molar-refractivity contribution >= 4 is 17.3 Å². The summed E-state index contributed by atoms with van der Waals surface area (Å²) in [6.07, 6.45) is -0.617. The van der Waals surface area contributed by atoms with E-state index in [2.05, 4.69) is 34.7 Å². The highest BCUT2D eigenvalue weighted by Gasteiger charge is 2.07. The molecule has 2 aromatic rings. The Bertz CT molecular complexity index is 685. The largest absolute Gasteiger partial charge is 0.491 e. The van der Waals surface area contributed by atoms with Gasteiger partial charge in [-0.25, -0.2) is 4.99 Å². The van der Waals surface area contributed by atoms with E-state index in [1.807, 2.05) is 38.1 Å². The molecular formula is C19H27N3O2S. The number of aliphatic hydroxyl groups excluding tert-OH is 1. The molecule has 0 saturated heterocycles. The molecule has 0 radical (unpaired) electrons. The molecular weight excluding hydrogens is 334 g/mol. The Kier molecular flexibility index (Phi) is 7.76. The predicted octanol–water partition coefficient (Wildman–Crippen LogP) is 2.86. The van der Waals surface area contributed by atoms with Crippen molar-refractivity contribution in [3.8, 4) is 5.75 Å². The minimum absolute atomic E-state index is 0.236. The average molecular weight is 362 g/mol. The van der Waals surface area contributed by atoms with Gasteiger partial charge in [0.25, 0.3) is 0 Å². The highest BCUT2D eigenvalue weighted by Crippen LogP contribution is 2.15. The molecule has 136 valence electrons. The van der Waals surface area contributed by atoms with Crippen molar-refractivity contribution in [1.29, 1.82) is 0 Å². The van der Waals surface area contributed by atoms with Crippen LogP contribution in [0.1, 0.15) is 22.2 Å². The lowest BCUT2D eigenvalue weighted by molar-refractivity contribution is 0.110. The number of benzene rings is 1. The lowest BCUT2D eigenvalue weighted by Gasteiger charge is -2.16. The fraction of sp³-hybridized carbons (Fsp3) is 0.421. The Balaban J connectivity index is 1.78. The van der Waals surface area contributed by atoms with E-state index in [0.717, 1.165) is 17.9 Å². The molecule has 1 heterocycles. The Morgan fingerprint density at radius 2 is 2.08 bits per heavy atom. The first-order valence-corrected chi connectivity index (χ1v) is 9.33. The van der Waals surface area contributed by atoms with Crippen molar-refractivity contribution in [2.45, 2.75) is 33.4 Å². The second kappa shape index (κ2) is 10.1. The number of nitrogens with zero attached hydrogens (tertiary/aromatic N) is 1. The molecule has 0 saturated carbocycles. The molecule has 1 aromatic heterocycles. The number of ether oxygens (including phenoxy) is 1. The van der Waals surface area contributed by atoms with E-state index in [9.17, 15) is 5.11 Å². The third-order valence-electron chi connectivity index (χ3n) is 3.47. The van der Waals surface area contributed by atoms with E-state index < -0.39 is 6.10 Å². The van der Waals surface area contributed by atoms with E-state index in [1.165, 1.54) is 9.75 Å². The van der Waals surface area contributed by atoms with Gasteiger partial charge >= 0.3 is 0 Å². The van der Waals surface area contributed by atoms with Crippen molar-refractivity contribution in [3.63, 3.8) is 0 Å². The number of thiophene rings is 1. The first kappa shape index (κ1) is 19.3. The zero-order chi connectivity index (χ0) is 18.1. The summed E-state index contributed by atoms with van der Waals surface area (Å²) >= 11 is 1.75. The summed E-state index contributed by atoms with van der Waals surface area (Å²) in [5.41, 5.74) is 1.13. The van der Waals surface area contributed by atoms with Gasteiger partial charge in [-0.1, -0.05) is 12.1 Å². The summed E-state index contributed by atoms with van der Waals surface area (Å²) in [6, 6.07) is 12.0. The topological polar surface area (TPSA) is 65.9 Å². The zero-order valence-electron chi connectivity index (χ0n) is 15.1. The van der Waals surface area contributed by atoms with Crippen LogP contribution in [0.25, 0.3) is 0 Å². The summed E-state index contributed by atoms with van der Waals surface area (Å²) in [6.45, 7) is 8.13.